The number of hydrogen-bond acceptors (Lipinski definition) is 4. The molecule has 7 nitrogen and oxygen atoms in total. The summed E-state index contributed by atoms with van der Waals surface area (Å²) in [5.41, 5.74) is 2.26. The maximum Gasteiger partial charge on any atom is 0.419 e. The van der Waals surface area contributed by atoms with Gasteiger partial charge in [-0.25, -0.2) is 17.9 Å². The van der Waals surface area contributed by atoms with Gasteiger partial charge in [0, 0.05) is 26.1 Å². The fourth-order valence-electron chi connectivity index (χ4n) is 4.40. The van der Waals surface area contributed by atoms with Gasteiger partial charge >= 0.3 is 5.76 Å². The number of oxazole rings is 1. The smallest absolute Gasteiger partial charge is 0.408 e. The molecule has 0 bridgehead atoms. The number of sulfonamides is 1. The number of benzene rings is 2. The second-order valence-electron chi connectivity index (χ2n) is 8.44. The summed E-state index contributed by atoms with van der Waals surface area (Å²) < 4.78 is 34.3. The van der Waals surface area contributed by atoms with Crippen LogP contribution in [0.25, 0.3) is 11.1 Å². The lowest BCUT2D eigenvalue weighted by Gasteiger charge is -2.29. The Morgan fingerprint density at radius 2 is 1.87 bits per heavy atom. The Morgan fingerprint density at radius 3 is 2.61 bits per heavy atom. The molecule has 0 unspecified atom stereocenters. The molecule has 3 aromatic rings. The number of nitrogens with zero attached hydrogens (tertiary/aromatic N) is 1. The molecule has 1 aliphatic rings. The highest BCUT2D eigenvalue weighted by atomic mass is 32.2. The summed E-state index contributed by atoms with van der Waals surface area (Å²) in [4.78, 5) is 13.3. The average Bonchev–Trinajstić information content (AvgIpc) is 3.06. The van der Waals surface area contributed by atoms with E-state index >= 15 is 0 Å². The van der Waals surface area contributed by atoms with Crippen molar-refractivity contribution in [3.63, 3.8) is 0 Å². The molecule has 0 saturated carbocycles. The maximum atomic E-state index is 12.6. The lowest BCUT2D eigenvalue weighted by atomic mass is 9.90. The zero-order valence-electron chi connectivity index (χ0n) is 17.8. The Bertz CT molecular complexity index is 1180. The number of nitrogens with one attached hydrogen (secondary N) is 2. The molecule has 0 atom stereocenters. The summed E-state index contributed by atoms with van der Waals surface area (Å²) >= 11 is 0. The van der Waals surface area contributed by atoms with Gasteiger partial charge in [0.05, 0.1) is 30.0 Å². The van der Waals surface area contributed by atoms with Crippen LogP contribution in [0.1, 0.15) is 24.8 Å². The Morgan fingerprint density at radius 1 is 1.13 bits per heavy atom. The maximum absolute atomic E-state index is 12.6. The van der Waals surface area contributed by atoms with Gasteiger partial charge in [-0.1, -0.05) is 30.3 Å². The van der Waals surface area contributed by atoms with E-state index in [0.717, 1.165) is 38.4 Å². The van der Waals surface area contributed by atoms with Crippen LogP contribution in [0.4, 0.5) is 0 Å². The van der Waals surface area contributed by atoms with Crippen molar-refractivity contribution in [1.82, 2.24) is 9.29 Å². The van der Waals surface area contributed by atoms with Crippen LogP contribution in [-0.2, 0) is 23.5 Å². The van der Waals surface area contributed by atoms with E-state index in [0.29, 0.717) is 12.1 Å². The van der Waals surface area contributed by atoms with Gasteiger partial charge in [0.25, 0.3) is 0 Å². The molecule has 1 fully saturated rings. The molecule has 2 heterocycles. The predicted molar refractivity (Wildman–Crippen MR) is 120 cm³/mol. The average molecular weight is 445 g/mol. The molecule has 8 heteroatoms. The Balaban J connectivity index is 1.22. The number of fused-ring (bicyclic) bond motifs is 1. The van der Waals surface area contributed by atoms with Crippen LogP contribution in [0.5, 0.6) is 0 Å². The minimum atomic E-state index is -3.63. The number of likely N-dealkylation sites (tertiary alicyclic amines) is 1. The molecule has 2 aromatic carbocycles. The summed E-state index contributed by atoms with van der Waals surface area (Å²) in [7, 11) is -2.04. The molecule has 0 spiro atoms. The van der Waals surface area contributed by atoms with E-state index in [2.05, 4.69) is 35.1 Å². The van der Waals surface area contributed by atoms with E-state index in [1.54, 1.807) is 18.0 Å². The van der Waals surface area contributed by atoms with Crippen molar-refractivity contribution in [2.24, 2.45) is 13.0 Å². The molecule has 2 N–H and O–H groups in total. The molecule has 1 saturated heterocycles. The minimum Gasteiger partial charge on any atom is -0.408 e. The second-order valence-corrected chi connectivity index (χ2v) is 10.2. The van der Waals surface area contributed by atoms with E-state index in [1.165, 1.54) is 35.1 Å². The third-order valence-corrected chi connectivity index (χ3v) is 7.71. The van der Waals surface area contributed by atoms with E-state index in [9.17, 15) is 13.2 Å². The molecule has 0 amide bonds. The van der Waals surface area contributed by atoms with Gasteiger partial charge in [-0.15, -0.1) is 0 Å². The highest BCUT2D eigenvalue weighted by Gasteiger charge is 2.22. The number of rotatable bonds is 8. The van der Waals surface area contributed by atoms with E-state index in [-0.39, 0.29) is 10.5 Å². The van der Waals surface area contributed by atoms with Crippen LogP contribution in [0, 0.1) is 5.92 Å². The summed E-state index contributed by atoms with van der Waals surface area (Å²) in [5, 5.41) is 0. The quantitative estimate of drug-likeness (QED) is 0.514. The largest absolute Gasteiger partial charge is 0.419 e. The van der Waals surface area contributed by atoms with Gasteiger partial charge in [-0.3, -0.25) is 4.57 Å². The van der Waals surface area contributed by atoms with Crippen molar-refractivity contribution in [3.8, 4) is 0 Å². The number of hydrogen-bond donors (Lipinski definition) is 2. The lowest BCUT2D eigenvalue weighted by Crippen LogP contribution is -3.13. The topological polar surface area (TPSA) is 85.8 Å². The third kappa shape index (κ3) is 5.26. The monoisotopic (exact) mass is 444 g/mol. The third-order valence-electron chi connectivity index (χ3n) is 6.25. The zero-order valence-corrected chi connectivity index (χ0v) is 18.7. The van der Waals surface area contributed by atoms with Gasteiger partial charge in [0.1, 0.15) is 0 Å². The number of quaternary nitrogens is 1. The fourth-order valence-corrected chi connectivity index (χ4v) is 5.49. The minimum absolute atomic E-state index is 0.114. The zero-order chi connectivity index (χ0) is 21.8. The standard InChI is InChI=1S/C23H29N3O4S/c1-25-21-9-8-20(17-22(21)30-23(25)27)31(28,29)24-12-5-13-26-14-10-19(11-15-26)16-18-6-3-2-4-7-18/h2-4,6-9,17,19,24H,5,10-16H2,1H3/p+1. The normalized spacial score (nSPS) is 19.6. The van der Waals surface area contributed by atoms with Gasteiger partial charge < -0.3 is 9.32 Å². The first-order valence-corrected chi connectivity index (χ1v) is 12.4. The van der Waals surface area contributed by atoms with Crippen LogP contribution in [0.15, 0.2) is 62.6 Å². The van der Waals surface area contributed by atoms with E-state index in [1.807, 2.05) is 0 Å². The van der Waals surface area contributed by atoms with Crippen molar-refractivity contribution < 1.29 is 17.7 Å². The first kappa shape index (κ1) is 21.8. The summed E-state index contributed by atoms with van der Waals surface area (Å²) in [6.45, 7) is 3.66. The van der Waals surface area contributed by atoms with E-state index in [4.69, 9.17) is 4.42 Å². The van der Waals surface area contributed by atoms with Crippen LogP contribution < -0.4 is 15.4 Å². The fraction of sp³-hybridized carbons (Fsp3) is 0.435. The number of piperidine rings is 1. The van der Waals surface area contributed by atoms with Crippen LogP contribution in [-0.4, -0.2) is 39.2 Å². The highest BCUT2D eigenvalue weighted by Crippen LogP contribution is 2.18. The van der Waals surface area contributed by atoms with Crippen LogP contribution >= 0.6 is 0 Å². The van der Waals surface area contributed by atoms with Crippen LogP contribution in [0.2, 0.25) is 0 Å². The van der Waals surface area contributed by atoms with Crippen molar-refractivity contribution in [2.75, 3.05) is 26.2 Å². The molecular weight excluding hydrogens is 414 g/mol. The van der Waals surface area contributed by atoms with Gasteiger partial charge in [-0.2, -0.15) is 0 Å². The van der Waals surface area contributed by atoms with Crippen molar-refractivity contribution in [3.05, 3.63) is 64.6 Å². The summed E-state index contributed by atoms with van der Waals surface area (Å²) in [5.74, 6) is 0.241. The first-order valence-electron chi connectivity index (χ1n) is 10.9. The van der Waals surface area contributed by atoms with Gasteiger partial charge in [0.15, 0.2) is 5.58 Å². The summed E-state index contributed by atoms with van der Waals surface area (Å²) in [6.07, 6.45) is 4.39. The molecular formula is C23H30N3O4S+. The Kier molecular flexibility index (Phi) is 6.60. The summed E-state index contributed by atoms with van der Waals surface area (Å²) in [6, 6.07) is 15.2. The van der Waals surface area contributed by atoms with E-state index < -0.39 is 15.8 Å². The second kappa shape index (κ2) is 9.38. The Hall–Kier alpha value is -2.42. The van der Waals surface area contributed by atoms with Gasteiger partial charge in [0.2, 0.25) is 10.0 Å². The van der Waals surface area contributed by atoms with Crippen LogP contribution in [0.3, 0.4) is 0 Å². The molecule has 166 valence electrons. The van der Waals surface area contributed by atoms with Crippen molar-refractivity contribution in [1.29, 1.82) is 0 Å². The molecule has 4 rings (SSSR count). The number of aromatic nitrogens is 1. The molecule has 31 heavy (non-hydrogen) atoms. The first-order chi connectivity index (χ1) is 14.9. The highest BCUT2D eigenvalue weighted by molar-refractivity contribution is 7.89. The lowest BCUT2D eigenvalue weighted by molar-refractivity contribution is -0.906. The van der Waals surface area contributed by atoms with Crippen molar-refractivity contribution in [2.45, 2.75) is 30.6 Å². The van der Waals surface area contributed by atoms with Crippen molar-refractivity contribution >= 4 is 21.1 Å². The SMILES string of the molecule is Cn1c(=O)oc2cc(S(=O)(=O)NCCC[NH+]3CCC(Cc4ccccc4)CC3)ccc21. The molecule has 0 aliphatic carbocycles. The Labute approximate surface area is 182 Å². The van der Waals surface area contributed by atoms with Gasteiger partial charge in [-0.05, 0) is 42.9 Å². The molecule has 1 aromatic heterocycles. The molecule has 0 radical (unpaired) electrons. The predicted octanol–water partition coefficient (Wildman–Crippen LogP) is 1.34. The number of aryl methyl sites for hydroxylation is 1. The molecule has 1 aliphatic heterocycles.